The highest BCUT2D eigenvalue weighted by Crippen LogP contribution is 2.20. The number of aliphatic carboxylic acids is 1. The molecule has 19 heavy (non-hydrogen) atoms. The first kappa shape index (κ1) is 15.8. The molecule has 1 rings (SSSR count). The van der Waals surface area contributed by atoms with E-state index in [1.807, 2.05) is 0 Å². The number of carboxylic acids is 1. The van der Waals surface area contributed by atoms with Gasteiger partial charge in [-0.05, 0) is 24.1 Å². The van der Waals surface area contributed by atoms with Gasteiger partial charge in [-0.2, -0.15) is 0 Å². The molecule has 4 N–H and O–H groups in total. The number of hydrogen-bond donors (Lipinski definition) is 3. The van der Waals surface area contributed by atoms with Gasteiger partial charge in [0.15, 0.2) is 0 Å². The molecule has 0 aromatic heterocycles. The fraction of sp³-hybridized carbons (Fsp3) is 0.333. The average molecular weight is 305 g/mol. The number of carbonyl (C=O) groups is 2. The van der Waals surface area contributed by atoms with E-state index in [0.29, 0.717) is 10.0 Å². The molecule has 0 aliphatic carbocycles. The minimum atomic E-state index is -1.04. The van der Waals surface area contributed by atoms with Crippen LogP contribution in [0, 0.1) is 0 Å². The molecule has 5 nitrogen and oxygen atoms in total. The summed E-state index contributed by atoms with van der Waals surface area (Å²) in [4.78, 5) is 21.7. The van der Waals surface area contributed by atoms with Crippen LogP contribution in [0.15, 0.2) is 18.2 Å². The molecule has 1 atom stereocenters. The standard InChI is InChI=1S/C12H14Cl2N2O3/c13-8-2-1-7(9(14)5-8)6-16-10(12(18)19)3-4-11(15)17/h1-2,5,10,16H,3-4,6H2,(H2,15,17)(H,18,19)/t10-/m0/s1. The number of nitrogens with one attached hydrogen (secondary N) is 1. The molecule has 1 aromatic rings. The summed E-state index contributed by atoms with van der Waals surface area (Å²) < 4.78 is 0. The lowest BCUT2D eigenvalue weighted by molar-refractivity contribution is -0.139. The Hall–Kier alpha value is -1.30. The maximum absolute atomic E-state index is 11.0. The number of halogens is 2. The molecule has 1 aromatic carbocycles. The van der Waals surface area contributed by atoms with Crippen LogP contribution >= 0.6 is 23.2 Å². The molecule has 0 heterocycles. The summed E-state index contributed by atoms with van der Waals surface area (Å²) in [6.45, 7) is 0.270. The molecule has 0 radical (unpaired) electrons. The van der Waals surface area contributed by atoms with Crippen LogP contribution in [0.2, 0.25) is 10.0 Å². The minimum absolute atomic E-state index is 0.0122. The number of benzene rings is 1. The van der Waals surface area contributed by atoms with Gasteiger partial charge in [-0.3, -0.25) is 9.59 Å². The lowest BCUT2D eigenvalue weighted by atomic mass is 10.1. The average Bonchev–Trinajstić information content (AvgIpc) is 2.30. The highest BCUT2D eigenvalue weighted by atomic mass is 35.5. The summed E-state index contributed by atoms with van der Waals surface area (Å²) in [5.41, 5.74) is 5.73. The van der Waals surface area contributed by atoms with Crippen molar-refractivity contribution in [3.63, 3.8) is 0 Å². The summed E-state index contributed by atoms with van der Waals surface area (Å²) in [6.07, 6.45) is 0.147. The van der Waals surface area contributed by atoms with E-state index in [-0.39, 0.29) is 19.4 Å². The van der Waals surface area contributed by atoms with Crippen molar-refractivity contribution in [1.29, 1.82) is 0 Å². The number of amides is 1. The Morgan fingerprint density at radius 3 is 2.58 bits per heavy atom. The van der Waals surface area contributed by atoms with Gasteiger partial charge in [-0.25, -0.2) is 0 Å². The van der Waals surface area contributed by atoms with Crippen molar-refractivity contribution in [3.05, 3.63) is 33.8 Å². The topological polar surface area (TPSA) is 92.4 Å². The van der Waals surface area contributed by atoms with Gasteiger partial charge in [0.1, 0.15) is 6.04 Å². The van der Waals surface area contributed by atoms with Crippen LogP contribution in [0.1, 0.15) is 18.4 Å². The first-order valence-electron chi connectivity index (χ1n) is 5.58. The second-order valence-electron chi connectivity index (χ2n) is 4.01. The molecule has 0 unspecified atom stereocenters. The Morgan fingerprint density at radius 2 is 2.05 bits per heavy atom. The molecule has 0 aliphatic heterocycles. The van der Waals surface area contributed by atoms with E-state index in [1.54, 1.807) is 18.2 Å². The third-order valence-electron chi connectivity index (χ3n) is 2.53. The zero-order valence-electron chi connectivity index (χ0n) is 10.0. The molecule has 1 amide bonds. The number of carbonyl (C=O) groups excluding carboxylic acids is 1. The number of primary amides is 1. The molecular formula is C12H14Cl2N2O3. The van der Waals surface area contributed by atoms with Gasteiger partial charge in [-0.1, -0.05) is 29.3 Å². The first-order chi connectivity index (χ1) is 8.90. The van der Waals surface area contributed by atoms with Crippen LogP contribution in [0.3, 0.4) is 0 Å². The summed E-state index contributed by atoms with van der Waals surface area (Å²) in [7, 11) is 0. The van der Waals surface area contributed by atoms with E-state index >= 15 is 0 Å². The lowest BCUT2D eigenvalue weighted by Crippen LogP contribution is -2.37. The van der Waals surface area contributed by atoms with Gasteiger partial charge in [-0.15, -0.1) is 0 Å². The SMILES string of the molecule is NC(=O)CC[C@H](NCc1ccc(Cl)cc1Cl)C(=O)O. The highest BCUT2D eigenvalue weighted by Gasteiger charge is 2.17. The Labute approximate surface area is 120 Å². The minimum Gasteiger partial charge on any atom is -0.480 e. The van der Waals surface area contributed by atoms with Gasteiger partial charge in [0.2, 0.25) is 5.91 Å². The van der Waals surface area contributed by atoms with Crippen molar-refractivity contribution in [3.8, 4) is 0 Å². The van der Waals surface area contributed by atoms with Crippen LogP contribution in [0.5, 0.6) is 0 Å². The van der Waals surface area contributed by atoms with Crippen LogP contribution in [-0.4, -0.2) is 23.0 Å². The van der Waals surface area contributed by atoms with E-state index in [4.69, 9.17) is 34.0 Å². The maximum Gasteiger partial charge on any atom is 0.320 e. The number of rotatable bonds is 7. The van der Waals surface area contributed by atoms with Crippen molar-refractivity contribution in [2.24, 2.45) is 5.73 Å². The molecular weight excluding hydrogens is 291 g/mol. The van der Waals surface area contributed by atoms with Gasteiger partial charge in [0.25, 0.3) is 0 Å². The second-order valence-corrected chi connectivity index (χ2v) is 4.86. The van der Waals surface area contributed by atoms with E-state index in [1.165, 1.54) is 0 Å². The summed E-state index contributed by atoms with van der Waals surface area (Å²) in [5, 5.41) is 12.8. The van der Waals surface area contributed by atoms with Crippen LogP contribution in [-0.2, 0) is 16.1 Å². The lowest BCUT2D eigenvalue weighted by Gasteiger charge is -2.14. The zero-order chi connectivity index (χ0) is 14.4. The van der Waals surface area contributed by atoms with Crippen molar-refractivity contribution in [1.82, 2.24) is 5.32 Å². The van der Waals surface area contributed by atoms with Gasteiger partial charge in [0, 0.05) is 23.0 Å². The van der Waals surface area contributed by atoms with Crippen LogP contribution in [0.4, 0.5) is 0 Å². The van der Waals surface area contributed by atoms with Crippen LogP contribution in [0.25, 0.3) is 0 Å². The molecule has 0 spiro atoms. The number of carboxylic acid groups (broad SMARTS) is 1. The van der Waals surface area contributed by atoms with E-state index in [0.717, 1.165) is 5.56 Å². The maximum atomic E-state index is 11.0. The molecule has 0 fully saturated rings. The van der Waals surface area contributed by atoms with Crippen molar-refractivity contribution in [2.75, 3.05) is 0 Å². The molecule has 7 heteroatoms. The first-order valence-corrected chi connectivity index (χ1v) is 6.34. The van der Waals surface area contributed by atoms with Gasteiger partial charge >= 0.3 is 5.97 Å². The van der Waals surface area contributed by atoms with E-state index in [9.17, 15) is 9.59 Å². The van der Waals surface area contributed by atoms with E-state index in [2.05, 4.69) is 5.32 Å². The smallest absolute Gasteiger partial charge is 0.320 e. The van der Waals surface area contributed by atoms with Gasteiger partial charge in [0.05, 0.1) is 0 Å². The van der Waals surface area contributed by atoms with Crippen LogP contribution < -0.4 is 11.1 Å². The monoisotopic (exact) mass is 304 g/mol. The zero-order valence-corrected chi connectivity index (χ0v) is 11.5. The Bertz CT molecular complexity index is 480. The molecule has 0 aliphatic rings. The highest BCUT2D eigenvalue weighted by molar-refractivity contribution is 6.35. The number of nitrogens with two attached hydrogens (primary N) is 1. The Morgan fingerprint density at radius 1 is 1.37 bits per heavy atom. The summed E-state index contributed by atoms with van der Waals surface area (Å²) >= 11 is 11.7. The number of hydrogen-bond acceptors (Lipinski definition) is 3. The summed E-state index contributed by atoms with van der Waals surface area (Å²) in [6, 6.07) is 4.12. The largest absolute Gasteiger partial charge is 0.480 e. The molecule has 0 saturated carbocycles. The van der Waals surface area contributed by atoms with Crippen molar-refractivity contribution >= 4 is 35.1 Å². The Kier molecular flexibility index (Phi) is 6.08. The predicted octanol–water partition coefficient (Wildman–Crippen LogP) is 1.80. The molecule has 0 saturated heterocycles. The fourth-order valence-electron chi connectivity index (χ4n) is 1.50. The second kappa shape index (κ2) is 7.33. The summed E-state index contributed by atoms with van der Waals surface area (Å²) in [5.74, 6) is -1.57. The molecule has 104 valence electrons. The van der Waals surface area contributed by atoms with E-state index < -0.39 is 17.9 Å². The van der Waals surface area contributed by atoms with Crippen molar-refractivity contribution in [2.45, 2.75) is 25.4 Å². The third kappa shape index (κ3) is 5.46. The predicted molar refractivity (Wildman–Crippen MR) is 73.2 cm³/mol. The quantitative estimate of drug-likeness (QED) is 0.716. The third-order valence-corrected chi connectivity index (χ3v) is 3.12. The molecule has 0 bridgehead atoms. The van der Waals surface area contributed by atoms with Gasteiger partial charge < -0.3 is 16.2 Å². The van der Waals surface area contributed by atoms with Crippen molar-refractivity contribution < 1.29 is 14.7 Å². The normalized spacial score (nSPS) is 12.1. The fourth-order valence-corrected chi connectivity index (χ4v) is 1.97. The Balaban J connectivity index is 2.60.